The molecule has 2 aromatic rings. The second kappa shape index (κ2) is 8.81. The Bertz CT molecular complexity index is 718. The number of carbonyl (C=O) groups is 1. The lowest BCUT2D eigenvalue weighted by molar-refractivity contribution is 0.0952. The molecular weight excluding hydrogens is 324 g/mol. The quantitative estimate of drug-likeness (QED) is 0.743. The van der Waals surface area contributed by atoms with E-state index in [1.54, 1.807) is 12.4 Å². The van der Waals surface area contributed by atoms with Gasteiger partial charge in [-0.15, -0.1) is 0 Å². The Morgan fingerprint density at radius 3 is 2.38 bits per heavy atom. The van der Waals surface area contributed by atoms with Crippen molar-refractivity contribution in [3.8, 4) is 0 Å². The summed E-state index contributed by atoms with van der Waals surface area (Å²) in [4.78, 5) is 18.5. The third kappa shape index (κ3) is 6.15. The number of carbonyl (C=O) groups excluding carboxylic acids is 1. The molecule has 0 aliphatic heterocycles. The zero-order valence-corrected chi connectivity index (χ0v) is 16.5. The Labute approximate surface area is 156 Å². The van der Waals surface area contributed by atoms with Gasteiger partial charge in [0, 0.05) is 18.4 Å². The summed E-state index contributed by atoms with van der Waals surface area (Å²) in [6.07, 6.45) is 4.24. The Hall–Kier alpha value is -2.40. The van der Waals surface area contributed by atoms with Gasteiger partial charge in [-0.25, -0.2) is 0 Å². The second-order valence-electron chi connectivity index (χ2n) is 7.83. The standard InChI is InChI=1S/C21H30N4O/c1-21(2,3)17-7-9-18(10-8-17)24-19-13-16(14-22-15-19)20(26)23-11-6-12-25(4)5/h7-10,13-15,24H,6,11-12H2,1-5H3,(H,23,26). The number of anilines is 2. The summed E-state index contributed by atoms with van der Waals surface area (Å²) < 4.78 is 0. The van der Waals surface area contributed by atoms with E-state index in [-0.39, 0.29) is 11.3 Å². The smallest absolute Gasteiger partial charge is 0.252 e. The number of amides is 1. The lowest BCUT2D eigenvalue weighted by Crippen LogP contribution is -2.27. The highest BCUT2D eigenvalue weighted by molar-refractivity contribution is 5.94. The second-order valence-corrected chi connectivity index (χ2v) is 7.83. The van der Waals surface area contributed by atoms with Crippen LogP contribution in [0.3, 0.4) is 0 Å². The van der Waals surface area contributed by atoms with Crippen molar-refractivity contribution in [1.82, 2.24) is 15.2 Å². The van der Waals surface area contributed by atoms with Crippen LogP contribution in [-0.2, 0) is 5.41 Å². The number of hydrogen-bond acceptors (Lipinski definition) is 4. The predicted octanol–water partition coefficient (Wildman–Crippen LogP) is 3.80. The fourth-order valence-electron chi connectivity index (χ4n) is 2.55. The average molecular weight is 354 g/mol. The van der Waals surface area contributed by atoms with Crippen molar-refractivity contribution < 1.29 is 4.79 Å². The molecule has 1 amide bonds. The maximum absolute atomic E-state index is 12.3. The molecular formula is C21H30N4O. The average Bonchev–Trinajstić information content (AvgIpc) is 2.58. The van der Waals surface area contributed by atoms with Gasteiger partial charge in [-0.1, -0.05) is 32.9 Å². The summed E-state index contributed by atoms with van der Waals surface area (Å²) in [5.74, 6) is -0.0945. The van der Waals surface area contributed by atoms with Crippen molar-refractivity contribution >= 4 is 17.3 Å². The van der Waals surface area contributed by atoms with Crippen LogP contribution < -0.4 is 10.6 Å². The first-order chi connectivity index (χ1) is 12.3. The zero-order chi connectivity index (χ0) is 19.2. The molecule has 0 saturated heterocycles. The minimum absolute atomic E-state index is 0.0945. The molecule has 0 aliphatic rings. The van der Waals surface area contributed by atoms with Crippen LogP contribution >= 0.6 is 0 Å². The molecule has 0 aliphatic carbocycles. The van der Waals surface area contributed by atoms with E-state index >= 15 is 0 Å². The Morgan fingerprint density at radius 1 is 1.08 bits per heavy atom. The summed E-state index contributed by atoms with van der Waals surface area (Å²) in [7, 11) is 4.05. The monoisotopic (exact) mass is 354 g/mol. The highest BCUT2D eigenvalue weighted by Gasteiger charge is 2.13. The normalized spacial score (nSPS) is 11.5. The third-order valence-electron chi connectivity index (χ3n) is 4.11. The van der Waals surface area contributed by atoms with Crippen molar-refractivity contribution in [2.24, 2.45) is 0 Å². The SMILES string of the molecule is CN(C)CCCNC(=O)c1cncc(Nc2ccc(C(C)(C)C)cc2)c1. The van der Waals surface area contributed by atoms with Gasteiger partial charge in [-0.05, 0) is 56.2 Å². The molecule has 5 nitrogen and oxygen atoms in total. The molecule has 0 spiro atoms. The molecule has 0 saturated carbocycles. The van der Waals surface area contributed by atoms with E-state index in [4.69, 9.17) is 0 Å². The van der Waals surface area contributed by atoms with Crippen molar-refractivity contribution in [3.63, 3.8) is 0 Å². The molecule has 2 N–H and O–H groups in total. The molecule has 0 bridgehead atoms. The van der Waals surface area contributed by atoms with Crippen LogP contribution in [-0.4, -0.2) is 43.0 Å². The third-order valence-corrected chi connectivity index (χ3v) is 4.11. The van der Waals surface area contributed by atoms with E-state index < -0.39 is 0 Å². The Balaban J connectivity index is 1.97. The van der Waals surface area contributed by atoms with Crippen molar-refractivity contribution in [2.45, 2.75) is 32.6 Å². The maximum atomic E-state index is 12.3. The molecule has 0 radical (unpaired) electrons. The summed E-state index contributed by atoms with van der Waals surface area (Å²) in [6, 6.07) is 10.2. The summed E-state index contributed by atoms with van der Waals surface area (Å²) in [5, 5.41) is 6.25. The van der Waals surface area contributed by atoms with Gasteiger partial charge >= 0.3 is 0 Å². The van der Waals surface area contributed by atoms with Gasteiger partial charge in [0.2, 0.25) is 0 Å². The van der Waals surface area contributed by atoms with Crippen LogP contribution in [0.25, 0.3) is 0 Å². The fourth-order valence-corrected chi connectivity index (χ4v) is 2.55. The number of benzene rings is 1. The van der Waals surface area contributed by atoms with Crippen LogP contribution in [0.4, 0.5) is 11.4 Å². The van der Waals surface area contributed by atoms with Crippen molar-refractivity contribution in [1.29, 1.82) is 0 Å². The van der Waals surface area contributed by atoms with Gasteiger partial charge in [-0.3, -0.25) is 9.78 Å². The Kier molecular flexibility index (Phi) is 6.75. The van der Waals surface area contributed by atoms with Crippen LogP contribution in [0.2, 0.25) is 0 Å². The van der Waals surface area contributed by atoms with E-state index in [9.17, 15) is 4.79 Å². The molecule has 1 heterocycles. The molecule has 0 fully saturated rings. The number of aromatic nitrogens is 1. The molecule has 1 aromatic carbocycles. The molecule has 26 heavy (non-hydrogen) atoms. The van der Waals surface area contributed by atoms with E-state index in [2.05, 4.69) is 65.6 Å². The maximum Gasteiger partial charge on any atom is 0.252 e. The van der Waals surface area contributed by atoms with Gasteiger partial charge in [0.25, 0.3) is 5.91 Å². The van der Waals surface area contributed by atoms with Crippen LogP contribution in [0.5, 0.6) is 0 Å². The van der Waals surface area contributed by atoms with Gasteiger partial charge in [0.1, 0.15) is 0 Å². The zero-order valence-electron chi connectivity index (χ0n) is 16.5. The van der Waals surface area contributed by atoms with Crippen LogP contribution in [0.1, 0.15) is 43.1 Å². The summed E-state index contributed by atoms with van der Waals surface area (Å²) >= 11 is 0. The highest BCUT2D eigenvalue weighted by Crippen LogP contribution is 2.24. The number of nitrogens with zero attached hydrogens (tertiary/aromatic N) is 2. The van der Waals surface area contributed by atoms with Crippen LogP contribution in [0.15, 0.2) is 42.7 Å². The van der Waals surface area contributed by atoms with Gasteiger partial charge in [0.15, 0.2) is 0 Å². The molecule has 0 unspecified atom stereocenters. The lowest BCUT2D eigenvalue weighted by atomic mass is 9.87. The van der Waals surface area contributed by atoms with E-state index in [0.717, 1.165) is 24.3 Å². The Morgan fingerprint density at radius 2 is 1.77 bits per heavy atom. The number of hydrogen-bond donors (Lipinski definition) is 2. The van der Waals surface area contributed by atoms with E-state index in [1.165, 1.54) is 5.56 Å². The first-order valence-electron chi connectivity index (χ1n) is 9.01. The minimum atomic E-state index is -0.0945. The van der Waals surface area contributed by atoms with E-state index in [1.807, 2.05) is 20.2 Å². The lowest BCUT2D eigenvalue weighted by Gasteiger charge is -2.19. The van der Waals surface area contributed by atoms with Crippen LogP contribution in [0, 0.1) is 0 Å². The first kappa shape index (κ1) is 19.9. The summed E-state index contributed by atoms with van der Waals surface area (Å²) in [6.45, 7) is 8.19. The van der Waals surface area contributed by atoms with Crippen molar-refractivity contribution in [2.75, 3.05) is 32.5 Å². The topological polar surface area (TPSA) is 57.3 Å². The van der Waals surface area contributed by atoms with E-state index in [0.29, 0.717) is 12.1 Å². The van der Waals surface area contributed by atoms with Gasteiger partial charge < -0.3 is 15.5 Å². The molecule has 1 aromatic heterocycles. The fraction of sp³-hybridized carbons (Fsp3) is 0.429. The summed E-state index contributed by atoms with van der Waals surface area (Å²) in [5.41, 5.74) is 3.75. The molecule has 0 atom stereocenters. The first-order valence-corrected chi connectivity index (χ1v) is 9.01. The van der Waals surface area contributed by atoms with Gasteiger partial charge in [-0.2, -0.15) is 0 Å². The molecule has 2 rings (SSSR count). The largest absolute Gasteiger partial charge is 0.354 e. The number of rotatable bonds is 7. The minimum Gasteiger partial charge on any atom is -0.354 e. The predicted molar refractivity (Wildman–Crippen MR) is 108 cm³/mol. The van der Waals surface area contributed by atoms with Gasteiger partial charge in [0.05, 0.1) is 17.4 Å². The number of pyridine rings is 1. The van der Waals surface area contributed by atoms with Crippen molar-refractivity contribution in [3.05, 3.63) is 53.9 Å². The molecule has 5 heteroatoms. The number of nitrogens with one attached hydrogen (secondary N) is 2. The highest BCUT2D eigenvalue weighted by atomic mass is 16.1. The molecule has 140 valence electrons.